The van der Waals surface area contributed by atoms with Crippen molar-refractivity contribution in [2.75, 3.05) is 13.2 Å². The van der Waals surface area contributed by atoms with Crippen molar-refractivity contribution in [2.24, 2.45) is 0 Å². The number of rotatable bonds is 9. The smallest absolute Gasteiger partial charge is 0.287 e. The van der Waals surface area contributed by atoms with Crippen LogP contribution in [0.3, 0.4) is 0 Å². The molecule has 6 heteroatoms. The van der Waals surface area contributed by atoms with E-state index in [2.05, 4.69) is 17.3 Å². The van der Waals surface area contributed by atoms with E-state index in [1.54, 1.807) is 36.4 Å². The molecule has 1 N–H and O–H groups in total. The fourth-order valence-electron chi connectivity index (χ4n) is 2.70. The Balaban J connectivity index is 1.46. The molecule has 0 atom stereocenters. The van der Waals surface area contributed by atoms with E-state index in [4.69, 9.17) is 25.6 Å². The number of amides is 1. The van der Waals surface area contributed by atoms with Gasteiger partial charge in [0.1, 0.15) is 36.5 Å². The van der Waals surface area contributed by atoms with Crippen molar-refractivity contribution in [3.8, 4) is 29.9 Å². The molecule has 1 amide bonds. The van der Waals surface area contributed by atoms with Gasteiger partial charge in [0.25, 0.3) is 5.91 Å². The second-order valence-corrected chi connectivity index (χ2v) is 6.31. The lowest BCUT2D eigenvalue weighted by Gasteiger charge is -2.06. The number of benzene rings is 2. The van der Waals surface area contributed by atoms with Gasteiger partial charge in [-0.15, -0.1) is 6.42 Å². The van der Waals surface area contributed by atoms with Crippen LogP contribution in [0, 0.1) is 23.7 Å². The molecule has 0 saturated heterocycles. The minimum absolute atomic E-state index is 0.125. The highest BCUT2D eigenvalue weighted by molar-refractivity contribution is 5.91. The highest BCUT2D eigenvalue weighted by Gasteiger charge is 2.12. The SMILES string of the molecule is C#CCOc1ccc(CCNC(=O)c2ccc(COc3ccccc3C#N)o2)cc1. The van der Waals surface area contributed by atoms with Crippen molar-refractivity contribution >= 4 is 5.91 Å². The summed E-state index contributed by atoms with van der Waals surface area (Å²) in [6.07, 6.45) is 5.83. The Morgan fingerprint density at radius 3 is 2.63 bits per heavy atom. The molecule has 150 valence electrons. The van der Waals surface area contributed by atoms with E-state index in [0.717, 1.165) is 5.56 Å². The van der Waals surface area contributed by atoms with Crippen LogP contribution in [0.1, 0.15) is 27.4 Å². The van der Waals surface area contributed by atoms with Crippen LogP contribution in [0.2, 0.25) is 0 Å². The lowest BCUT2D eigenvalue weighted by atomic mass is 10.1. The van der Waals surface area contributed by atoms with Gasteiger partial charge in [0.05, 0.1) is 5.56 Å². The largest absolute Gasteiger partial charge is 0.484 e. The van der Waals surface area contributed by atoms with E-state index in [0.29, 0.717) is 35.8 Å². The van der Waals surface area contributed by atoms with Crippen molar-refractivity contribution in [1.82, 2.24) is 5.32 Å². The zero-order valence-electron chi connectivity index (χ0n) is 16.3. The number of carbonyl (C=O) groups is 1. The van der Waals surface area contributed by atoms with Crippen LogP contribution in [-0.2, 0) is 13.0 Å². The summed E-state index contributed by atoms with van der Waals surface area (Å²) in [5.41, 5.74) is 1.51. The number of terminal acetylenes is 1. The molecule has 0 aliphatic rings. The zero-order valence-corrected chi connectivity index (χ0v) is 16.3. The third-order valence-corrected chi connectivity index (χ3v) is 4.21. The van der Waals surface area contributed by atoms with Crippen LogP contribution in [0.25, 0.3) is 0 Å². The molecule has 0 saturated carbocycles. The Morgan fingerprint density at radius 2 is 1.87 bits per heavy atom. The number of ether oxygens (including phenoxy) is 2. The molecule has 0 bridgehead atoms. The van der Waals surface area contributed by atoms with Gasteiger partial charge in [-0.05, 0) is 48.4 Å². The van der Waals surface area contributed by atoms with Gasteiger partial charge in [0.2, 0.25) is 0 Å². The number of furan rings is 1. The van der Waals surface area contributed by atoms with Crippen LogP contribution >= 0.6 is 0 Å². The predicted octanol–water partition coefficient (Wildman–Crippen LogP) is 3.71. The summed E-state index contributed by atoms with van der Waals surface area (Å²) >= 11 is 0. The molecule has 0 aliphatic carbocycles. The average Bonchev–Trinajstić information content (AvgIpc) is 3.26. The number of hydrogen-bond acceptors (Lipinski definition) is 5. The normalized spacial score (nSPS) is 9.93. The molecule has 0 aliphatic heterocycles. The highest BCUT2D eigenvalue weighted by Crippen LogP contribution is 2.19. The first-order chi connectivity index (χ1) is 14.7. The Kier molecular flexibility index (Phi) is 7.13. The van der Waals surface area contributed by atoms with E-state index in [-0.39, 0.29) is 24.9 Å². The minimum Gasteiger partial charge on any atom is -0.484 e. The lowest BCUT2D eigenvalue weighted by Crippen LogP contribution is -2.25. The third kappa shape index (κ3) is 5.67. The first-order valence-corrected chi connectivity index (χ1v) is 9.33. The minimum atomic E-state index is -0.298. The van der Waals surface area contributed by atoms with Crippen molar-refractivity contribution in [3.63, 3.8) is 0 Å². The molecule has 1 heterocycles. The van der Waals surface area contributed by atoms with Gasteiger partial charge in [-0.3, -0.25) is 4.79 Å². The molecule has 2 aromatic carbocycles. The van der Waals surface area contributed by atoms with E-state index >= 15 is 0 Å². The summed E-state index contributed by atoms with van der Waals surface area (Å²) in [5, 5.41) is 11.9. The summed E-state index contributed by atoms with van der Waals surface area (Å²) < 4.78 is 16.5. The van der Waals surface area contributed by atoms with E-state index in [9.17, 15) is 4.79 Å². The zero-order chi connectivity index (χ0) is 21.2. The van der Waals surface area contributed by atoms with Gasteiger partial charge < -0.3 is 19.2 Å². The number of nitrogens with one attached hydrogen (secondary N) is 1. The van der Waals surface area contributed by atoms with Gasteiger partial charge in [-0.25, -0.2) is 0 Å². The predicted molar refractivity (Wildman–Crippen MR) is 111 cm³/mol. The monoisotopic (exact) mass is 400 g/mol. The molecular weight excluding hydrogens is 380 g/mol. The third-order valence-electron chi connectivity index (χ3n) is 4.21. The second-order valence-electron chi connectivity index (χ2n) is 6.31. The maximum atomic E-state index is 12.3. The molecule has 0 radical (unpaired) electrons. The molecule has 6 nitrogen and oxygen atoms in total. The second kappa shape index (κ2) is 10.4. The summed E-state index contributed by atoms with van der Waals surface area (Å²) in [4.78, 5) is 12.3. The molecule has 1 aromatic heterocycles. The maximum Gasteiger partial charge on any atom is 0.287 e. The van der Waals surface area contributed by atoms with Gasteiger partial charge in [0.15, 0.2) is 5.76 Å². The molecule has 3 rings (SSSR count). The lowest BCUT2D eigenvalue weighted by molar-refractivity contribution is 0.0922. The first-order valence-electron chi connectivity index (χ1n) is 9.33. The van der Waals surface area contributed by atoms with Crippen LogP contribution in [0.15, 0.2) is 65.1 Å². The van der Waals surface area contributed by atoms with Gasteiger partial charge >= 0.3 is 0 Å². The van der Waals surface area contributed by atoms with E-state index in [1.807, 2.05) is 24.3 Å². The fraction of sp³-hybridized carbons (Fsp3) is 0.167. The number of carbonyl (C=O) groups excluding carboxylic acids is 1. The van der Waals surface area contributed by atoms with Gasteiger partial charge in [0, 0.05) is 6.54 Å². The number of para-hydroxylation sites is 1. The Hall–Kier alpha value is -4.16. The number of hydrogen-bond donors (Lipinski definition) is 1. The summed E-state index contributed by atoms with van der Waals surface area (Å²) in [6.45, 7) is 0.821. The van der Waals surface area contributed by atoms with Crippen LogP contribution < -0.4 is 14.8 Å². The quantitative estimate of drug-likeness (QED) is 0.554. The molecule has 0 unspecified atom stereocenters. The van der Waals surface area contributed by atoms with Crippen molar-refractivity contribution in [2.45, 2.75) is 13.0 Å². The Labute approximate surface area is 175 Å². The van der Waals surface area contributed by atoms with Gasteiger partial charge in [-0.2, -0.15) is 5.26 Å². The van der Waals surface area contributed by atoms with Gasteiger partial charge in [-0.1, -0.05) is 30.2 Å². The molecule has 3 aromatic rings. The molecule has 0 spiro atoms. The average molecular weight is 400 g/mol. The number of nitrogens with zero attached hydrogens (tertiary/aromatic N) is 1. The van der Waals surface area contributed by atoms with Crippen LogP contribution in [0.4, 0.5) is 0 Å². The van der Waals surface area contributed by atoms with E-state index < -0.39 is 0 Å². The topological polar surface area (TPSA) is 84.5 Å². The number of nitriles is 1. The van der Waals surface area contributed by atoms with Crippen LogP contribution in [-0.4, -0.2) is 19.1 Å². The summed E-state index contributed by atoms with van der Waals surface area (Å²) in [5.74, 6) is 4.00. The summed E-state index contributed by atoms with van der Waals surface area (Å²) in [7, 11) is 0. The van der Waals surface area contributed by atoms with Crippen LogP contribution in [0.5, 0.6) is 11.5 Å². The first kappa shape index (κ1) is 20.6. The summed E-state index contributed by atoms with van der Waals surface area (Å²) in [6, 6.07) is 19.8. The van der Waals surface area contributed by atoms with Crippen molar-refractivity contribution < 1.29 is 18.7 Å². The maximum absolute atomic E-state index is 12.3. The molecular formula is C24H20N2O4. The van der Waals surface area contributed by atoms with Crippen molar-refractivity contribution in [1.29, 1.82) is 5.26 Å². The Bertz CT molecular complexity index is 1070. The fourth-order valence-corrected chi connectivity index (χ4v) is 2.70. The Morgan fingerprint density at radius 1 is 1.07 bits per heavy atom. The van der Waals surface area contributed by atoms with Crippen molar-refractivity contribution in [3.05, 3.63) is 83.3 Å². The highest BCUT2D eigenvalue weighted by atomic mass is 16.5. The standard InChI is InChI=1S/C24H20N2O4/c1-2-15-28-20-9-7-18(8-10-20)13-14-26-24(27)23-12-11-21(30-23)17-29-22-6-4-3-5-19(22)16-25/h1,3-12H,13-15,17H2,(H,26,27). The molecule has 0 fully saturated rings. The van der Waals surface area contributed by atoms with E-state index in [1.165, 1.54) is 0 Å². The molecule has 30 heavy (non-hydrogen) atoms.